The van der Waals surface area contributed by atoms with Gasteiger partial charge in [0.25, 0.3) is 5.91 Å². The van der Waals surface area contributed by atoms with E-state index in [1.165, 1.54) is 18.4 Å². The molecule has 1 unspecified atom stereocenters. The molecule has 16 heavy (non-hydrogen) atoms. The van der Waals surface area contributed by atoms with Crippen molar-refractivity contribution >= 4 is 22.4 Å². The first-order chi connectivity index (χ1) is 7.79. The zero-order valence-corrected chi connectivity index (χ0v) is 9.75. The Balaban J connectivity index is 1.93. The molecule has 1 aromatic rings. The van der Waals surface area contributed by atoms with E-state index >= 15 is 0 Å². The molecule has 0 spiro atoms. The van der Waals surface area contributed by atoms with Crippen LogP contribution in [0.25, 0.3) is 0 Å². The Labute approximate surface area is 97.0 Å². The van der Waals surface area contributed by atoms with E-state index in [9.17, 15) is 4.79 Å². The molecule has 2 heterocycles. The summed E-state index contributed by atoms with van der Waals surface area (Å²) in [5.74, 6) is -0.224. The van der Waals surface area contributed by atoms with E-state index in [0.29, 0.717) is 5.13 Å². The summed E-state index contributed by atoms with van der Waals surface area (Å²) >= 11 is 1.35. The van der Waals surface area contributed by atoms with E-state index in [2.05, 4.69) is 15.5 Å². The monoisotopic (exact) mass is 243 g/mol. The maximum absolute atomic E-state index is 11.2. The summed E-state index contributed by atoms with van der Waals surface area (Å²) in [6.45, 7) is 0.796. The number of carbonyl (C=O) groups excluding carboxylic acids is 1. The Kier molecular flexibility index (Phi) is 3.81. The molecule has 6 nitrogen and oxygen atoms in total. The van der Waals surface area contributed by atoms with Crippen molar-refractivity contribution in [1.29, 1.82) is 0 Å². The van der Waals surface area contributed by atoms with E-state index in [4.69, 9.17) is 9.47 Å². The van der Waals surface area contributed by atoms with Gasteiger partial charge in [-0.15, -0.1) is 10.2 Å². The van der Waals surface area contributed by atoms with Crippen LogP contribution in [0.15, 0.2) is 0 Å². The second kappa shape index (κ2) is 5.33. The predicted molar refractivity (Wildman–Crippen MR) is 58.3 cm³/mol. The number of nitrogens with one attached hydrogen (secondary N) is 1. The van der Waals surface area contributed by atoms with Crippen molar-refractivity contribution < 1.29 is 14.3 Å². The average molecular weight is 243 g/mol. The number of hydrogen-bond donors (Lipinski definition) is 1. The maximum Gasteiger partial charge on any atom is 0.252 e. The molecular formula is C9H13N3O3S. The average Bonchev–Trinajstić information content (AvgIpc) is 2.86. The van der Waals surface area contributed by atoms with E-state index in [0.717, 1.165) is 24.5 Å². The van der Waals surface area contributed by atoms with Crippen LogP contribution in [0.4, 0.5) is 5.13 Å². The number of methoxy groups -OCH3 is 1. The molecule has 1 fully saturated rings. The van der Waals surface area contributed by atoms with Gasteiger partial charge in [-0.05, 0) is 12.8 Å². The van der Waals surface area contributed by atoms with Crippen LogP contribution in [0.3, 0.4) is 0 Å². The summed E-state index contributed by atoms with van der Waals surface area (Å²) in [6.07, 6.45) is 2.07. The Bertz CT molecular complexity index is 363. The van der Waals surface area contributed by atoms with Gasteiger partial charge >= 0.3 is 0 Å². The van der Waals surface area contributed by atoms with Crippen molar-refractivity contribution in [2.45, 2.75) is 18.9 Å². The lowest BCUT2D eigenvalue weighted by Gasteiger charge is -2.02. The number of hydrogen-bond acceptors (Lipinski definition) is 6. The fraction of sp³-hybridized carbons (Fsp3) is 0.667. The summed E-state index contributed by atoms with van der Waals surface area (Å²) in [4.78, 5) is 11.2. The zero-order valence-electron chi connectivity index (χ0n) is 8.93. The topological polar surface area (TPSA) is 73.3 Å². The van der Waals surface area contributed by atoms with Crippen LogP contribution in [0.5, 0.6) is 0 Å². The lowest BCUT2D eigenvalue weighted by Crippen LogP contribution is -2.16. The number of amides is 1. The minimum Gasteiger partial charge on any atom is -0.375 e. The van der Waals surface area contributed by atoms with Gasteiger partial charge in [-0.3, -0.25) is 10.1 Å². The molecule has 1 amide bonds. The highest BCUT2D eigenvalue weighted by molar-refractivity contribution is 7.15. The molecule has 0 saturated carbocycles. The van der Waals surface area contributed by atoms with Crippen LogP contribution in [-0.4, -0.2) is 36.4 Å². The van der Waals surface area contributed by atoms with Crippen molar-refractivity contribution in [2.24, 2.45) is 0 Å². The fourth-order valence-corrected chi connectivity index (χ4v) is 2.32. The van der Waals surface area contributed by atoms with Gasteiger partial charge in [0.1, 0.15) is 17.7 Å². The van der Waals surface area contributed by atoms with Crippen LogP contribution in [0, 0.1) is 0 Å². The summed E-state index contributed by atoms with van der Waals surface area (Å²) in [5, 5.41) is 11.8. The molecule has 7 heteroatoms. The molecular weight excluding hydrogens is 230 g/mol. The molecule has 0 bridgehead atoms. The Morgan fingerprint density at radius 2 is 2.56 bits per heavy atom. The molecule has 1 N–H and O–H groups in total. The summed E-state index contributed by atoms with van der Waals surface area (Å²) < 4.78 is 10.2. The maximum atomic E-state index is 11.2. The lowest BCUT2D eigenvalue weighted by molar-refractivity contribution is -0.119. The van der Waals surface area contributed by atoms with Crippen molar-refractivity contribution in [2.75, 3.05) is 25.6 Å². The van der Waals surface area contributed by atoms with E-state index in [1.807, 2.05) is 0 Å². The van der Waals surface area contributed by atoms with E-state index in [-0.39, 0.29) is 18.6 Å². The molecule has 88 valence electrons. The molecule has 1 aromatic heterocycles. The van der Waals surface area contributed by atoms with Gasteiger partial charge < -0.3 is 9.47 Å². The largest absolute Gasteiger partial charge is 0.375 e. The minimum atomic E-state index is -0.224. The first-order valence-corrected chi connectivity index (χ1v) is 5.85. The van der Waals surface area contributed by atoms with Crippen LogP contribution >= 0.6 is 11.3 Å². The molecule has 1 atom stereocenters. The van der Waals surface area contributed by atoms with Crippen LogP contribution in [-0.2, 0) is 14.3 Å². The molecule has 1 saturated heterocycles. The third-order valence-corrected chi connectivity index (χ3v) is 3.10. The number of nitrogens with zero attached hydrogens (tertiary/aromatic N) is 2. The fourth-order valence-electron chi connectivity index (χ4n) is 1.47. The van der Waals surface area contributed by atoms with Crippen molar-refractivity contribution in [3.05, 3.63) is 5.01 Å². The minimum absolute atomic E-state index is 0.0227. The third-order valence-electron chi connectivity index (χ3n) is 2.17. The van der Waals surface area contributed by atoms with Gasteiger partial charge in [0.2, 0.25) is 5.13 Å². The zero-order chi connectivity index (χ0) is 11.4. The van der Waals surface area contributed by atoms with Gasteiger partial charge in [0, 0.05) is 13.7 Å². The Hall–Kier alpha value is -1.05. The van der Waals surface area contributed by atoms with Crippen LogP contribution in [0.2, 0.25) is 0 Å². The first-order valence-electron chi connectivity index (χ1n) is 5.03. The smallest absolute Gasteiger partial charge is 0.252 e. The van der Waals surface area contributed by atoms with Crippen molar-refractivity contribution in [3.8, 4) is 0 Å². The number of ether oxygens (including phenoxy) is 2. The molecule has 1 aliphatic heterocycles. The van der Waals surface area contributed by atoms with Gasteiger partial charge in [-0.25, -0.2) is 0 Å². The highest BCUT2D eigenvalue weighted by Crippen LogP contribution is 2.31. The molecule has 0 radical (unpaired) electrons. The van der Waals surface area contributed by atoms with Crippen molar-refractivity contribution in [3.63, 3.8) is 0 Å². The van der Waals surface area contributed by atoms with Gasteiger partial charge in [0.15, 0.2) is 0 Å². The molecule has 1 aliphatic rings. The first kappa shape index (κ1) is 11.4. The Morgan fingerprint density at radius 1 is 1.69 bits per heavy atom. The molecule has 0 aliphatic carbocycles. The predicted octanol–water partition coefficient (Wildman–Crippen LogP) is 0.974. The second-order valence-corrected chi connectivity index (χ2v) is 4.44. The standard InChI is InChI=1S/C9H13N3O3S/c1-14-5-7(13)10-9-12-11-8(16-9)6-3-2-4-15-6/h6H,2-5H2,1H3,(H,10,12,13). The lowest BCUT2D eigenvalue weighted by atomic mass is 10.2. The van der Waals surface area contributed by atoms with Crippen LogP contribution < -0.4 is 5.32 Å². The third kappa shape index (κ3) is 2.75. The highest BCUT2D eigenvalue weighted by Gasteiger charge is 2.22. The van der Waals surface area contributed by atoms with Gasteiger partial charge in [0.05, 0.1) is 0 Å². The van der Waals surface area contributed by atoms with Gasteiger partial charge in [-0.1, -0.05) is 11.3 Å². The quantitative estimate of drug-likeness (QED) is 0.853. The molecule has 0 aromatic carbocycles. The summed E-state index contributed by atoms with van der Waals surface area (Å²) in [6, 6.07) is 0. The second-order valence-electron chi connectivity index (χ2n) is 3.43. The number of anilines is 1. The SMILES string of the molecule is COCC(=O)Nc1nnc(C2CCCO2)s1. The normalized spacial score (nSPS) is 19.9. The molecule has 2 rings (SSSR count). The number of aromatic nitrogens is 2. The number of carbonyl (C=O) groups is 1. The van der Waals surface area contributed by atoms with E-state index in [1.54, 1.807) is 0 Å². The highest BCUT2D eigenvalue weighted by atomic mass is 32.1. The number of rotatable bonds is 4. The summed E-state index contributed by atoms with van der Waals surface area (Å²) in [7, 11) is 1.47. The van der Waals surface area contributed by atoms with Crippen molar-refractivity contribution in [1.82, 2.24) is 10.2 Å². The van der Waals surface area contributed by atoms with Crippen LogP contribution in [0.1, 0.15) is 24.0 Å². The Morgan fingerprint density at radius 3 is 3.25 bits per heavy atom. The summed E-state index contributed by atoms with van der Waals surface area (Å²) in [5.41, 5.74) is 0. The van der Waals surface area contributed by atoms with Gasteiger partial charge in [-0.2, -0.15) is 0 Å². The van der Waals surface area contributed by atoms with E-state index < -0.39 is 0 Å².